The summed E-state index contributed by atoms with van der Waals surface area (Å²) in [4.78, 5) is 10.6. The number of aliphatic hydroxyl groups excluding tert-OH is 1. The molecule has 0 bridgehead atoms. The van der Waals surface area contributed by atoms with Gasteiger partial charge in [0.25, 0.3) is 0 Å². The van der Waals surface area contributed by atoms with Crippen LogP contribution in [0.15, 0.2) is 12.7 Å². The van der Waals surface area contributed by atoms with Crippen molar-refractivity contribution in [3.8, 4) is 0 Å². The Morgan fingerprint density at radius 1 is 1.11 bits per heavy atom. The first-order valence-electron chi connectivity index (χ1n) is 8.09. The van der Waals surface area contributed by atoms with Crippen LogP contribution in [0.4, 0.5) is 0 Å². The molecule has 0 radical (unpaired) electrons. The van der Waals surface area contributed by atoms with Gasteiger partial charge >= 0.3 is 102 Å². The maximum absolute atomic E-state index is 8.95. The fraction of sp³-hybridized carbons (Fsp3) is 0.875. The molecular weight excluding hydrogens is 280 g/mol. The van der Waals surface area contributed by atoms with Crippen molar-refractivity contribution in [2.75, 3.05) is 19.8 Å². The van der Waals surface area contributed by atoms with Crippen molar-refractivity contribution in [2.45, 2.75) is 53.6 Å². The molecular formula is C16H20FeO2. The molecule has 0 saturated carbocycles. The Kier molecular flexibility index (Phi) is 0.297. The average molecular weight is 300 g/mol. The van der Waals surface area contributed by atoms with Gasteiger partial charge in [0.15, 0.2) is 0 Å². The molecule has 0 amide bonds. The summed E-state index contributed by atoms with van der Waals surface area (Å²) in [7, 11) is 0. The van der Waals surface area contributed by atoms with E-state index in [1.54, 1.807) is 0 Å². The monoisotopic (exact) mass is 300 g/mol. The van der Waals surface area contributed by atoms with E-state index in [1.165, 1.54) is 38.5 Å². The van der Waals surface area contributed by atoms with Crippen LogP contribution in [-0.4, -0.2) is 24.9 Å². The van der Waals surface area contributed by atoms with Crippen LogP contribution in [0, 0.1) is 0 Å². The van der Waals surface area contributed by atoms with Crippen LogP contribution in [0.3, 0.4) is 0 Å². The third-order valence-corrected chi connectivity index (χ3v) is 59.9. The summed E-state index contributed by atoms with van der Waals surface area (Å²) in [5, 5.41) is 8.95. The molecule has 5 atom stereocenters. The molecule has 10 fully saturated rings. The maximum atomic E-state index is 8.95. The van der Waals surface area contributed by atoms with Crippen LogP contribution in [0.2, 0.25) is 47.2 Å². The molecule has 0 aromatic rings. The van der Waals surface area contributed by atoms with Gasteiger partial charge in [0, 0.05) is 0 Å². The first-order chi connectivity index (χ1) is 9.06. The molecule has 104 valence electrons. The van der Waals surface area contributed by atoms with Crippen LogP contribution < -0.4 is 0 Å². The van der Waals surface area contributed by atoms with E-state index >= 15 is 0 Å². The fourth-order valence-electron chi connectivity index (χ4n) is 18.6. The van der Waals surface area contributed by atoms with E-state index in [0.29, 0.717) is 0 Å². The minimum absolute atomic E-state index is 0.282. The first-order valence-corrected chi connectivity index (χ1v) is 14.3. The molecule has 0 aliphatic carbocycles. The third-order valence-electron chi connectivity index (χ3n) is 16.4. The predicted molar refractivity (Wildman–Crippen MR) is 68.1 cm³/mol. The zero-order chi connectivity index (χ0) is 12.2. The molecule has 0 aromatic carbocycles. The van der Waals surface area contributed by atoms with Gasteiger partial charge in [-0.3, -0.25) is 0 Å². The van der Waals surface area contributed by atoms with Crippen LogP contribution in [0.25, 0.3) is 0 Å². The molecule has 19 heavy (non-hydrogen) atoms. The Morgan fingerprint density at radius 3 is 2.21 bits per heavy atom. The topological polar surface area (TPSA) is 29.5 Å². The van der Waals surface area contributed by atoms with E-state index < -0.39 is 6.51 Å². The Labute approximate surface area is 102 Å². The normalized spacial score (nSPS) is 112. The van der Waals surface area contributed by atoms with Crippen molar-refractivity contribution < 1.29 is 16.4 Å². The quantitative estimate of drug-likeness (QED) is 0.460. The molecule has 10 heterocycles. The molecule has 5 unspecified atom stereocenters. The van der Waals surface area contributed by atoms with Crippen molar-refractivity contribution in [3.63, 3.8) is 0 Å². The van der Waals surface area contributed by atoms with Crippen LogP contribution in [0.1, 0.15) is 6.42 Å². The van der Waals surface area contributed by atoms with Gasteiger partial charge in [-0.05, 0) is 0 Å². The van der Waals surface area contributed by atoms with Gasteiger partial charge in [0.2, 0.25) is 0 Å². The number of aliphatic hydroxyl groups is 1. The van der Waals surface area contributed by atoms with Crippen LogP contribution in [0.5, 0.6) is 0 Å². The SMILES string of the molecule is C=C[C]12[CH]3[CH]4[CH]5[C]1(COCCCO)[Fe]43521678[CH]2[CH]1[CH]6[CH]7[CH]28. The summed E-state index contributed by atoms with van der Waals surface area (Å²) in [6, 6.07) is 0. The Balaban J connectivity index is 1.34. The number of hydrogen-bond donors (Lipinski definition) is 1. The summed E-state index contributed by atoms with van der Waals surface area (Å²) in [5.41, 5.74) is 0. The van der Waals surface area contributed by atoms with Crippen molar-refractivity contribution in [3.05, 3.63) is 12.7 Å². The molecule has 1 N–H and O–H groups in total. The van der Waals surface area contributed by atoms with E-state index in [2.05, 4.69) is 12.7 Å². The van der Waals surface area contributed by atoms with Crippen LogP contribution >= 0.6 is 0 Å². The second-order valence-corrected chi connectivity index (χ2v) is 34.7. The summed E-state index contributed by atoms with van der Waals surface area (Å²) in [6.45, 7) is 3.42. The van der Waals surface area contributed by atoms with Crippen molar-refractivity contribution in [2.24, 2.45) is 0 Å². The van der Waals surface area contributed by atoms with Gasteiger partial charge in [-0.1, -0.05) is 0 Å². The van der Waals surface area contributed by atoms with Gasteiger partial charge in [0.1, 0.15) is 0 Å². The third kappa shape index (κ3) is 0.0846. The Bertz CT molecular complexity index is 1000. The molecule has 0 aromatic heterocycles. The van der Waals surface area contributed by atoms with Gasteiger partial charge in [-0.25, -0.2) is 0 Å². The minimum atomic E-state index is -3.13. The molecule has 10 rings (SSSR count). The number of allylic oxidation sites excluding steroid dienone is 1. The van der Waals surface area contributed by atoms with E-state index in [-0.39, 0.29) is 6.61 Å². The van der Waals surface area contributed by atoms with Gasteiger partial charge in [0.05, 0.1) is 0 Å². The summed E-state index contributed by atoms with van der Waals surface area (Å²) in [6.07, 6.45) is 3.35. The molecule has 10 aliphatic rings. The molecule has 10 aliphatic heterocycles. The molecule has 2 nitrogen and oxygen atoms in total. The van der Waals surface area contributed by atoms with Gasteiger partial charge < -0.3 is 0 Å². The second kappa shape index (κ2) is 0.706. The molecule has 10 saturated heterocycles. The van der Waals surface area contributed by atoms with E-state index in [1.807, 2.05) is 0 Å². The summed E-state index contributed by atoms with van der Waals surface area (Å²) in [5.74, 6) is 0. The van der Waals surface area contributed by atoms with E-state index in [9.17, 15) is 0 Å². The van der Waals surface area contributed by atoms with Crippen molar-refractivity contribution in [1.82, 2.24) is 0 Å². The zero-order valence-electron chi connectivity index (χ0n) is 10.9. The molecule has 1 spiro atoms. The average Bonchev–Trinajstić information content (AvgIpc) is 3.36. The number of fused-ring (bicyclic) bond motifs is 10. The van der Waals surface area contributed by atoms with Crippen molar-refractivity contribution in [1.29, 1.82) is 0 Å². The number of hydrogen-bond acceptors (Lipinski definition) is 2. The molecule has 3 heteroatoms. The van der Waals surface area contributed by atoms with E-state index in [0.717, 1.165) is 28.3 Å². The van der Waals surface area contributed by atoms with E-state index in [4.69, 9.17) is 9.84 Å². The van der Waals surface area contributed by atoms with Crippen molar-refractivity contribution >= 4 is 0 Å². The summed E-state index contributed by atoms with van der Waals surface area (Å²) < 4.78 is 7.68. The summed E-state index contributed by atoms with van der Waals surface area (Å²) >= 11 is 0. The van der Waals surface area contributed by atoms with Crippen LogP contribution in [-0.2, 0) is 11.2 Å². The number of ether oxygens (including phenoxy) is 1. The fourth-order valence-corrected chi connectivity index (χ4v) is 94.8. The first kappa shape index (κ1) is 7.98. The van der Waals surface area contributed by atoms with Gasteiger partial charge in [-0.2, -0.15) is 0 Å². The second-order valence-electron chi connectivity index (χ2n) is 11.3. The Hall–Kier alpha value is 0.179. The standard InChI is InChI=1S/C11H15O2.C5H5.Fe/c1-2-10-5-3-6-11(10)9-13-8-4-7-12;1-2-4-5-3-1;/h2-3,5-6,12H,1,4,7-9H2;1-5H;. The zero-order valence-corrected chi connectivity index (χ0v) is 12.0. The van der Waals surface area contributed by atoms with Gasteiger partial charge in [-0.15, -0.1) is 0 Å². The predicted octanol–water partition coefficient (Wildman–Crippen LogP) is 3.70. The number of rotatable bonds is 6. The Morgan fingerprint density at radius 2 is 1.79 bits per heavy atom.